The van der Waals surface area contributed by atoms with Gasteiger partial charge in [-0.1, -0.05) is 36.7 Å². The van der Waals surface area contributed by atoms with Gasteiger partial charge in [-0.3, -0.25) is 9.59 Å². The van der Waals surface area contributed by atoms with Crippen LogP contribution in [0.1, 0.15) is 18.1 Å². The summed E-state index contributed by atoms with van der Waals surface area (Å²) in [5.74, 6) is -1.74. The number of halogens is 1. The Morgan fingerprint density at radius 1 is 1.21 bits per heavy atom. The molecule has 6 nitrogen and oxygen atoms in total. The summed E-state index contributed by atoms with van der Waals surface area (Å²) < 4.78 is 0. The van der Waals surface area contributed by atoms with Crippen molar-refractivity contribution in [3.63, 3.8) is 0 Å². The van der Waals surface area contributed by atoms with Crippen LogP contribution in [0.4, 0.5) is 5.69 Å². The molecule has 24 heavy (non-hydrogen) atoms. The second-order valence-electron chi connectivity index (χ2n) is 4.87. The Labute approximate surface area is 144 Å². The number of rotatable bonds is 4. The van der Waals surface area contributed by atoms with Gasteiger partial charge in [-0.15, -0.1) is 0 Å². The summed E-state index contributed by atoms with van der Waals surface area (Å²) in [5.41, 5.74) is 4.22. The zero-order valence-corrected chi connectivity index (χ0v) is 13.7. The molecule has 0 heterocycles. The van der Waals surface area contributed by atoms with Crippen molar-refractivity contribution in [3.05, 3.63) is 58.6 Å². The molecule has 0 bridgehead atoms. The highest BCUT2D eigenvalue weighted by Gasteiger charge is 2.14. The zero-order chi connectivity index (χ0) is 17.5. The minimum atomic E-state index is -0.887. The Bertz CT molecular complexity index is 790. The molecule has 0 fully saturated rings. The van der Waals surface area contributed by atoms with Crippen LogP contribution in [-0.4, -0.2) is 23.1 Å². The van der Waals surface area contributed by atoms with E-state index in [0.29, 0.717) is 11.3 Å². The van der Waals surface area contributed by atoms with Gasteiger partial charge in [0.25, 0.3) is 0 Å². The first kappa shape index (κ1) is 17.5. The summed E-state index contributed by atoms with van der Waals surface area (Å²) in [4.78, 5) is 23.6. The van der Waals surface area contributed by atoms with E-state index >= 15 is 0 Å². The van der Waals surface area contributed by atoms with Gasteiger partial charge >= 0.3 is 11.8 Å². The molecule has 0 aliphatic rings. The van der Waals surface area contributed by atoms with Gasteiger partial charge < -0.3 is 10.4 Å². The highest BCUT2D eigenvalue weighted by atomic mass is 35.5. The Morgan fingerprint density at radius 3 is 2.67 bits per heavy atom. The van der Waals surface area contributed by atoms with Gasteiger partial charge in [0, 0.05) is 5.69 Å². The lowest BCUT2D eigenvalue weighted by Crippen LogP contribution is -2.32. The fourth-order valence-corrected chi connectivity index (χ4v) is 2.14. The lowest BCUT2D eigenvalue weighted by atomic mass is 10.1. The maximum atomic E-state index is 11.9. The average molecular weight is 346 g/mol. The van der Waals surface area contributed by atoms with E-state index < -0.39 is 11.8 Å². The number of nitrogens with one attached hydrogen (secondary N) is 2. The van der Waals surface area contributed by atoms with E-state index in [1.54, 1.807) is 18.2 Å². The van der Waals surface area contributed by atoms with Crippen molar-refractivity contribution in [3.8, 4) is 5.75 Å². The first-order valence-corrected chi connectivity index (χ1v) is 7.60. The molecule has 3 N–H and O–H groups in total. The second-order valence-corrected chi connectivity index (χ2v) is 5.28. The zero-order valence-electron chi connectivity index (χ0n) is 12.9. The molecule has 0 unspecified atom stereocenters. The fraction of sp³-hybridized carbons (Fsp3) is 0.118. The minimum Gasteiger partial charge on any atom is -0.506 e. The van der Waals surface area contributed by atoms with Gasteiger partial charge in [-0.25, -0.2) is 5.43 Å². The average Bonchev–Trinajstić information content (AvgIpc) is 2.58. The molecular formula is C17H16ClN3O3. The van der Waals surface area contributed by atoms with Crippen LogP contribution in [0.3, 0.4) is 0 Å². The molecule has 124 valence electrons. The van der Waals surface area contributed by atoms with Crippen LogP contribution in [-0.2, 0) is 16.0 Å². The number of phenols is 1. The highest BCUT2D eigenvalue weighted by Crippen LogP contribution is 2.22. The number of carbonyl (C=O) groups is 2. The molecule has 0 atom stereocenters. The lowest BCUT2D eigenvalue weighted by molar-refractivity contribution is -0.136. The van der Waals surface area contributed by atoms with Crippen LogP contribution in [0.2, 0.25) is 5.02 Å². The van der Waals surface area contributed by atoms with Crippen molar-refractivity contribution in [1.82, 2.24) is 5.43 Å². The number of anilines is 1. The predicted molar refractivity (Wildman–Crippen MR) is 93.3 cm³/mol. The highest BCUT2D eigenvalue weighted by molar-refractivity contribution is 6.39. The number of hydrazone groups is 1. The van der Waals surface area contributed by atoms with Crippen LogP contribution in [0.15, 0.2) is 47.6 Å². The molecular weight excluding hydrogens is 330 g/mol. The quantitative estimate of drug-likeness (QED) is 0.452. The number of nitrogens with zero attached hydrogens (tertiary/aromatic N) is 1. The Morgan fingerprint density at radius 2 is 1.96 bits per heavy atom. The van der Waals surface area contributed by atoms with Gasteiger partial charge in [0.15, 0.2) is 0 Å². The molecule has 2 rings (SSSR count). The molecule has 2 aromatic rings. The summed E-state index contributed by atoms with van der Waals surface area (Å²) in [5, 5.41) is 15.7. The Hall–Kier alpha value is -2.86. The smallest absolute Gasteiger partial charge is 0.329 e. The van der Waals surface area contributed by atoms with Crippen LogP contribution in [0.5, 0.6) is 5.75 Å². The van der Waals surface area contributed by atoms with E-state index in [9.17, 15) is 14.7 Å². The molecule has 7 heteroatoms. The van der Waals surface area contributed by atoms with Crippen molar-refractivity contribution >= 4 is 35.3 Å². The topological polar surface area (TPSA) is 90.8 Å². The van der Waals surface area contributed by atoms with E-state index in [0.717, 1.165) is 12.0 Å². The van der Waals surface area contributed by atoms with E-state index in [1.807, 2.05) is 19.1 Å². The molecule has 2 amide bonds. The monoisotopic (exact) mass is 345 g/mol. The molecule has 0 aliphatic heterocycles. The number of amides is 2. The third-order valence-corrected chi connectivity index (χ3v) is 3.51. The Balaban J connectivity index is 1.95. The number of hydrogen-bond acceptors (Lipinski definition) is 4. The van der Waals surface area contributed by atoms with E-state index in [4.69, 9.17) is 11.6 Å². The standard InChI is InChI=1S/C17H16ClN3O3/c1-2-12-5-3-4-6-14(12)20-16(23)17(24)21-19-10-11-7-8-15(22)13(18)9-11/h3-10,22H,2H2,1H3,(H,20,23)(H,21,24)/b19-10-. The molecule has 2 aromatic carbocycles. The van der Waals surface area contributed by atoms with Crippen LogP contribution >= 0.6 is 11.6 Å². The van der Waals surface area contributed by atoms with Crippen molar-refractivity contribution in [2.24, 2.45) is 5.10 Å². The lowest BCUT2D eigenvalue weighted by Gasteiger charge is -2.08. The number of para-hydroxylation sites is 1. The molecule has 0 radical (unpaired) electrons. The molecule has 0 aromatic heterocycles. The fourth-order valence-electron chi connectivity index (χ4n) is 1.95. The number of hydrogen-bond donors (Lipinski definition) is 3. The van der Waals surface area contributed by atoms with Gasteiger partial charge in [0.2, 0.25) is 0 Å². The summed E-state index contributed by atoms with van der Waals surface area (Å²) in [7, 11) is 0. The Kier molecular flexibility index (Phi) is 5.92. The minimum absolute atomic E-state index is 0.0492. The van der Waals surface area contributed by atoms with Gasteiger partial charge in [0.05, 0.1) is 11.2 Å². The normalized spacial score (nSPS) is 10.6. The summed E-state index contributed by atoms with van der Waals surface area (Å²) >= 11 is 5.76. The van der Waals surface area contributed by atoms with Crippen LogP contribution in [0, 0.1) is 0 Å². The largest absolute Gasteiger partial charge is 0.506 e. The number of carbonyl (C=O) groups excluding carboxylic acids is 2. The number of benzene rings is 2. The van der Waals surface area contributed by atoms with E-state index in [-0.39, 0.29) is 10.8 Å². The van der Waals surface area contributed by atoms with Crippen molar-refractivity contribution in [2.45, 2.75) is 13.3 Å². The molecule has 0 spiro atoms. The molecule has 0 aliphatic carbocycles. The SMILES string of the molecule is CCc1ccccc1NC(=O)C(=O)N/N=C\c1ccc(O)c(Cl)c1. The first-order chi connectivity index (χ1) is 11.5. The number of phenolic OH excluding ortho intramolecular Hbond substituents is 1. The molecule has 0 saturated heterocycles. The number of aryl methyl sites for hydroxylation is 1. The van der Waals surface area contributed by atoms with Crippen molar-refractivity contribution in [2.75, 3.05) is 5.32 Å². The third kappa shape index (κ3) is 4.57. The third-order valence-electron chi connectivity index (χ3n) is 3.20. The van der Waals surface area contributed by atoms with E-state index in [1.165, 1.54) is 18.3 Å². The van der Waals surface area contributed by atoms with Gasteiger partial charge in [-0.05, 0) is 41.8 Å². The van der Waals surface area contributed by atoms with Gasteiger partial charge in [0.1, 0.15) is 5.75 Å². The maximum absolute atomic E-state index is 11.9. The first-order valence-electron chi connectivity index (χ1n) is 7.22. The predicted octanol–water partition coefficient (Wildman–Crippen LogP) is 2.70. The van der Waals surface area contributed by atoms with E-state index in [2.05, 4.69) is 15.8 Å². The van der Waals surface area contributed by atoms with Crippen LogP contribution < -0.4 is 10.7 Å². The maximum Gasteiger partial charge on any atom is 0.329 e. The summed E-state index contributed by atoms with van der Waals surface area (Å²) in [6, 6.07) is 11.7. The van der Waals surface area contributed by atoms with Crippen molar-refractivity contribution in [1.29, 1.82) is 0 Å². The van der Waals surface area contributed by atoms with Gasteiger partial charge in [-0.2, -0.15) is 5.10 Å². The van der Waals surface area contributed by atoms with Crippen molar-refractivity contribution < 1.29 is 14.7 Å². The second kappa shape index (κ2) is 8.12. The summed E-state index contributed by atoms with van der Waals surface area (Å²) in [6.07, 6.45) is 2.05. The van der Waals surface area contributed by atoms with Crippen LogP contribution in [0.25, 0.3) is 0 Å². The summed E-state index contributed by atoms with van der Waals surface area (Å²) in [6.45, 7) is 1.96. The number of aromatic hydroxyl groups is 1. The molecule has 0 saturated carbocycles.